The van der Waals surface area contributed by atoms with Crippen molar-refractivity contribution in [2.75, 3.05) is 0 Å². The van der Waals surface area contributed by atoms with Crippen molar-refractivity contribution in [1.29, 1.82) is 0 Å². The molecule has 0 aliphatic carbocycles. The Labute approximate surface area is 97.1 Å². The van der Waals surface area contributed by atoms with E-state index in [1.54, 1.807) is 6.92 Å². The molecule has 0 atom stereocenters. The van der Waals surface area contributed by atoms with Gasteiger partial charge in [0.1, 0.15) is 6.61 Å². The van der Waals surface area contributed by atoms with Crippen LogP contribution in [-0.2, 0) is 16.1 Å². The van der Waals surface area contributed by atoms with Crippen LogP contribution in [0.3, 0.4) is 0 Å². The van der Waals surface area contributed by atoms with Crippen LogP contribution in [-0.4, -0.2) is 5.97 Å². The summed E-state index contributed by atoms with van der Waals surface area (Å²) in [7, 11) is 0. The number of rotatable bonds is 3. The van der Waals surface area contributed by atoms with Crippen molar-refractivity contribution in [2.45, 2.75) is 13.5 Å². The number of hydrogen-bond donors (Lipinski definition) is 0. The molecule has 0 heterocycles. The van der Waals surface area contributed by atoms with Crippen LogP contribution < -0.4 is 0 Å². The molecule has 0 aliphatic heterocycles. The zero-order chi connectivity index (χ0) is 10.6. The number of benzene rings is 1. The van der Waals surface area contributed by atoms with Gasteiger partial charge in [0.05, 0.1) is 0 Å². The lowest BCUT2D eigenvalue weighted by atomic mass is 10.2. The van der Waals surface area contributed by atoms with Crippen LogP contribution in [0.4, 0.5) is 0 Å². The predicted molar refractivity (Wildman–Crippen MR) is 63.8 cm³/mol. The molecule has 2 nitrogen and oxygen atoms in total. The molecule has 0 unspecified atom stereocenters. The molecular formula is C11H11IO2. The van der Waals surface area contributed by atoms with Gasteiger partial charge in [-0.05, 0) is 47.2 Å². The second-order valence-electron chi connectivity index (χ2n) is 2.98. The van der Waals surface area contributed by atoms with Gasteiger partial charge in [-0.25, -0.2) is 4.79 Å². The van der Waals surface area contributed by atoms with Gasteiger partial charge in [0.15, 0.2) is 0 Å². The van der Waals surface area contributed by atoms with E-state index in [1.165, 1.54) is 0 Å². The Morgan fingerprint density at radius 2 is 2.00 bits per heavy atom. The fourth-order valence-corrected chi connectivity index (χ4v) is 1.21. The molecule has 1 aromatic carbocycles. The average molecular weight is 302 g/mol. The molecule has 0 saturated heterocycles. The number of halogens is 1. The van der Waals surface area contributed by atoms with Crippen molar-refractivity contribution in [3.05, 3.63) is 45.6 Å². The van der Waals surface area contributed by atoms with Gasteiger partial charge in [-0.3, -0.25) is 0 Å². The van der Waals surface area contributed by atoms with Gasteiger partial charge < -0.3 is 4.74 Å². The minimum absolute atomic E-state index is 0.308. The normalized spacial score (nSPS) is 9.57. The highest BCUT2D eigenvalue weighted by Gasteiger charge is 2.02. The van der Waals surface area contributed by atoms with E-state index in [0.29, 0.717) is 12.2 Å². The van der Waals surface area contributed by atoms with E-state index >= 15 is 0 Å². The summed E-state index contributed by atoms with van der Waals surface area (Å²) in [5, 5.41) is 0. The van der Waals surface area contributed by atoms with E-state index < -0.39 is 0 Å². The average Bonchev–Trinajstić information content (AvgIpc) is 2.16. The van der Waals surface area contributed by atoms with E-state index in [-0.39, 0.29) is 5.97 Å². The Morgan fingerprint density at radius 1 is 1.43 bits per heavy atom. The number of esters is 1. The van der Waals surface area contributed by atoms with E-state index in [1.807, 2.05) is 24.3 Å². The zero-order valence-corrected chi connectivity index (χ0v) is 10.1. The zero-order valence-electron chi connectivity index (χ0n) is 7.92. The van der Waals surface area contributed by atoms with E-state index in [4.69, 9.17) is 4.74 Å². The molecule has 0 aromatic heterocycles. The predicted octanol–water partition coefficient (Wildman–Crippen LogP) is 2.91. The smallest absolute Gasteiger partial charge is 0.333 e. The summed E-state index contributed by atoms with van der Waals surface area (Å²) in [6.07, 6.45) is 0. The molecule has 0 saturated carbocycles. The molecule has 0 bridgehead atoms. The molecule has 1 aromatic rings. The maximum absolute atomic E-state index is 11.1. The summed E-state index contributed by atoms with van der Waals surface area (Å²) in [6, 6.07) is 7.83. The van der Waals surface area contributed by atoms with Gasteiger partial charge in [0.2, 0.25) is 0 Å². The third-order valence-corrected chi connectivity index (χ3v) is 2.35. The van der Waals surface area contributed by atoms with Crippen molar-refractivity contribution >= 4 is 28.6 Å². The molecule has 0 N–H and O–H groups in total. The fraction of sp³-hybridized carbons (Fsp3) is 0.182. The minimum atomic E-state index is -0.344. The molecule has 0 radical (unpaired) electrons. The lowest BCUT2D eigenvalue weighted by Gasteiger charge is -2.03. The first-order valence-corrected chi connectivity index (χ1v) is 5.24. The Morgan fingerprint density at radius 3 is 2.50 bits per heavy atom. The molecule has 0 spiro atoms. The summed E-state index contributed by atoms with van der Waals surface area (Å²) >= 11 is 2.23. The van der Waals surface area contributed by atoms with Crippen LogP contribution >= 0.6 is 22.6 Å². The van der Waals surface area contributed by atoms with Crippen molar-refractivity contribution in [3.8, 4) is 0 Å². The van der Waals surface area contributed by atoms with E-state index in [0.717, 1.165) is 9.13 Å². The summed E-state index contributed by atoms with van der Waals surface area (Å²) in [4.78, 5) is 11.1. The molecule has 0 amide bonds. The summed E-state index contributed by atoms with van der Waals surface area (Å²) in [6.45, 7) is 5.45. The summed E-state index contributed by atoms with van der Waals surface area (Å²) < 4.78 is 6.15. The monoisotopic (exact) mass is 302 g/mol. The number of hydrogen-bond acceptors (Lipinski definition) is 2. The van der Waals surface area contributed by atoms with Gasteiger partial charge in [-0.15, -0.1) is 0 Å². The first-order chi connectivity index (χ1) is 6.59. The molecule has 74 valence electrons. The Bertz CT molecular complexity index is 341. The standard InChI is InChI=1S/C11H11IO2/c1-8(2)11(13)14-7-9-3-5-10(12)6-4-9/h3-6H,1,7H2,2H3. The summed E-state index contributed by atoms with van der Waals surface area (Å²) in [5.41, 5.74) is 1.41. The minimum Gasteiger partial charge on any atom is -0.457 e. The quantitative estimate of drug-likeness (QED) is 0.487. The van der Waals surface area contributed by atoms with Crippen LogP contribution in [0.15, 0.2) is 36.4 Å². The van der Waals surface area contributed by atoms with Crippen LogP contribution in [0, 0.1) is 3.57 Å². The highest BCUT2D eigenvalue weighted by Crippen LogP contribution is 2.08. The van der Waals surface area contributed by atoms with E-state index in [2.05, 4.69) is 29.2 Å². The molecule has 14 heavy (non-hydrogen) atoms. The SMILES string of the molecule is C=C(C)C(=O)OCc1ccc(I)cc1. The second-order valence-corrected chi connectivity index (χ2v) is 4.23. The molecule has 1 rings (SSSR count). The van der Waals surface area contributed by atoms with Gasteiger partial charge in [-0.2, -0.15) is 0 Å². The Hall–Kier alpha value is -0.840. The Kier molecular flexibility index (Phi) is 4.13. The first-order valence-electron chi connectivity index (χ1n) is 4.16. The second kappa shape index (κ2) is 5.14. The summed E-state index contributed by atoms with van der Waals surface area (Å²) in [5.74, 6) is -0.344. The first kappa shape index (κ1) is 11.2. The van der Waals surface area contributed by atoms with Crippen molar-refractivity contribution in [3.63, 3.8) is 0 Å². The third kappa shape index (κ3) is 3.49. The van der Waals surface area contributed by atoms with Crippen molar-refractivity contribution in [2.24, 2.45) is 0 Å². The molecular weight excluding hydrogens is 291 g/mol. The molecule has 0 fully saturated rings. The third-order valence-electron chi connectivity index (χ3n) is 1.63. The fourth-order valence-electron chi connectivity index (χ4n) is 0.853. The molecule has 3 heteroatoms. The van der Waals surface area contributed by atoms with Crippen molar-refractivity contribution in [1.82, 2.24) is 0 Å². The van der Waals surface area contributed by atoms with Crippen LogP contribution in [0.2, 0.25) is 0 Å². The molecule has 0 aliphatic rings. The van der Waals surface area contributed by atoms with Crippen LogP contribution in [0.1, 0.15) is 12.5 Å². The van der Waals surface area contributed by atoms with E-state index in [9.17, 15) is 4.79 Å². The number of ether oxygens (including phenoxy) is 1. The lowest BCUT2D eigenvalue weighted by Crippen LogP contribution is -2.04. The lowest BCUT2D eigenvalue weighted by molar-refractivity contribution is -0.140. The van der Waals surface area contributed by atoms with Gasteiger partial charge in [-0.1, -0.05) is 18.7 Å². The van der Waals surface area contributed by atoms with Gasteiger partial charge in [0, 0.05) is 9.14 Å². The van der Waals surface area contributed by atoms with Crippen molar-refractivity contribution < 1.29 is 9.53 Å². The number of carbonyl (C=O) groups excluding carboxylic acids is 1. The maximum Gasteiger partial charge on any atom is 0.333 e. The van der Waals surface area contributed by atoms with Crippen LogP contribution in [0.5, 0.6) is 0 Å². The topological polar surface area (TPSA) is 26.3 Å². The van der Waals surface area contributed by atoms with Gasteiger partial charge in [0.25, 0.3) is 0 Å². The highest BCUT2D eigenvalue weighted by molar-refractivity contribution is 14.1. The van der Waals surface area contributed by atoms with Gasteiger partial charge >= 0.3 is 5.97 Å². The van der Waals surface area contributed by atoms with Crippen LogP contribution in [0.25, 0.3) is 0 Å². The maximum atomic E-state index is 11.1. The highest BCUT2D eigenvalue weighted by atomic mass is 127. The largest absolute Gasteiger partial charge is 0.457 e. The number of carbonyl (C=O) groups is 1. The Balaban J connectivity index is 2.50.